The van der Waals surface area contributed by atoms with Gasteiger partial charge in [-0.25, -0.2) is 29.2 Å². The molecule has 0 N–H and O–H groups in total. The molecule has 1 aliphatic heterocycles. The molecule has 0 amide bonds. The lowest BCUT2D eigenvalue weighted by molar-refractivity contribution is -0.227. The average molecular weight is 951 g/mol. The molecular weight excluding hydrogens is 910 g/mol. The van der Waals surface area contributed by atoms with E-state index in [0.717, 1.165) is 11.3 Å². The Morgan fingerprint density at radius 2 is 0.985 bits per heavy atom. The summed E-state index contributed by atoms with van der Waals surface area (Å²) in [5.41, 5.74) is 3.25. The van der Waals surface area contributed by atoms with Crippen molar-refractivity contribution in [3.8, 4) is 5.69 Å². The van der Waals surface area contributed by atoms with E-state index in [9.17, 15) is 19.2 Å². The fourth-order valence-electron chi connectivity index (χ4n) is 6.74. The van der Waals surface area contributed by atoms with Gasteiger partial charge in [-0.2, -0.15) is 0 Å². The van der Waals surface area contributed by atoms with Crippen LogP contribution in [0, 0.1) is 6.92 Å². The number of nitrogens with zero attached hydrogens (tertiary/aromatic N) is 3. The maximum Gasteiger partial charge on any atom is 0.338 e. The van der Waals surface area contributed by atoms with Crippen LogP contribution in [0.15, 0.2) is 186 Å². The lowest BCUT2D eigenvalue weighted by atomic mass is 9.97. The first-order valence-electron chi connectivity index (χ1n) is 19.9. The maximum absolute atomic E-state index is 14.1. The summed E-state index contributed by atoms with van der Waals surface area (Å²) in [6.45, 7) is 1.49. The predicted octanol–water partition coefficient (Wildman–Crippen LogP) is 9.14. The number of carbonyl (C=O) groups excluding carboxylic acids is 4. The van der Waals surface area contributed by atoms with Crippen molar-refractivity contribution in [2.75, 3.05) is 6.61 Å². The molecule has 0 radical (unpaired) electrons. The van der Waals surface area contributed by atoms with Gasteiger partial charge < -0.3 is 23.7 Å². The number of para-hydroxylation sites is 1. The molecule has 6 aromatic carbocycles. The smallest absolute Gasteiger partial charge is 0.338 e. The molecule has 0 unspecified atom stereocenters. The highest BCUT2D eigenvalue weighted by Gasteiger charge is 2.53. The summed E-state index contributed by atoms with van der Waals surface area (Å²) >= 11 is 0. The molecule has 2 heterocycles. The highest BCUT2D eigenvalue weighted by Crippen LogP contribution is 2.32. The summed E-state index contributed by atoms with van der Waals surface area (Å²) in [4.78, 5) is 66.6. The Bertz CT molecular complexity index is 2830. The Balaban J connectivity index is 0.00000350. The van der Waals surface area contributed by atoms with Crippen molar-refractivity contribution >= 4 is 75.1 Å². The van der Waals surface area contributed by atoms with E-state index in [1.54, 1.807) is 121 Å². The van der Waals surface area contributed by atoms with Gasteiger partial charge in [0.25, 0.3) is 0 Å². The van der Waals surface area contributed by atoms with Gasteiger partial charge in [0, 0.05) is 0 Å². The van der Waals surface area contributed by atoms with E-state index in [4.69, 9.17) is 33.7 Å². The molecule has 1 saturated heterocycles. The lowest BCUT2D eigenvalue weighted by Crippen LogP contribution is -2.62. The minimum Gasteiger partial charge on any atom is -0.459 e. The average Bonchev–Trinajstić information content (AvgIpc) is 3.72. The number of aromatic nitrogens is 1. The molecule has 1 fully saturated rings. The fraction of sp³-hybridized carbons (Fsp3) is 0.143. The third-order valence-electron chi connectivity index (χ3n) is 9.81. The van der Waals surface area contributed by atoms with Gasteiger partial charge in [0.2, 0.25) is 9.60 Å². The zero-order chi connectivity index (χ0) is 43.5. The molecular formula is C49H41Cl2N3O9S2. The highest BCUT2D eigenvalue weighted by atomic mass is 35.5. The molecule has 7 aromatic rings. The Morgan fingerprint density at radius 1 is 0.538 bits per heavy atom. The number of ether oxygens (including phenoxy) is 5. The second kappa shape index (κ2) is 22.8. The van der Waals surface area contributed by atoms with Crippen molar-refractivity contribution in [2.45, 2.75) is 37.6 Å². The van der Waals surface area contributed by atoms with Crippen LogP contribution in [0.2, 0.25) is 0 Å². The molecule has 332 valence electrons. The van der Waals surface area contributed by atoms with Crippen molar-refractivity contribution in [2.24, 2.45) is 9.98 Å². The number of carbonyl (C=O) groups is 4. The lowest BCUT2D eigenvalue weighted by Gasteiger charge is -2.43. The van der Waals surface area contributed by atoms with Crippen LogP contribution in [0.25, 0.3) is 5.69 Å². The molecule has 8 rings (SSSR count). The molecule has 65 heavy (non-hydrogen) atoms. The van der Waals surface area contributed by atoms with Gasteiger partial charge >= 0.3 is 23.9 Å². The number of hydrogen-bond donors (Lipinski definition) is 0. The van der Waals surface area contributed by atoms with Crippen LogP contribution in [0.4, 0.5) is 5.69 Å². The first-order valence-corrected chi connectivity index (χ1v) is 22.0. The molecule has 5 atom stereocenters. The van der Waals surface area contributed by atoms with E-state index >= 15 is 0 Å². The fourth-order valence-corrected chi connectivity index (χ4v) is 8.90. The molecule has 16 heteroatoms. The molecule has 1 aliphatic rings. The Kier molecular flexibility index (Phi) is 16.8. The number of hydrogen-bond acceptors (Lipinski definition) is 13. The third-order valence-corrected chi connectivity index (χ3v) is 11.9. The maximum atomic E-state index is 14.1. The standard InChI is InChI=1S/C49H39N3O9S2.2ClH/c1-32-18-17-29-38(30-32)52-48(50-37-27-15-6-16-28-37)62-63-49(52)51-43-42(61-47(56)36-25-13-5-14-26-36)41(60-46(55)35-23-11-4-12-24-35)40(59-45(54)34-21-9-3-10-22-34)39(58-43)31-57-44(53)33-19-7-2-8-20-33;;/h2-30,39-43H,31H2,1H3;2*1H/b50-48?,51-49+;;/t39-,40-,41+,42-,43-;;/m1../s1. The van der Waals surface area contributed by atoms with E-state index < -0.39 is 61.1 Å². The van der Waals surface area contributed by atoms with Crippen LogP contribution in [0.5, 0.6) is 0 Å². The number of benzene rings is 6. The first kappa shape index (κ1) is 47.8. The van der Waals surface area contributed by atoms with Gasteiger partial charge in [0.05, 0.1) is 33.6 Å². The van der Waals surface area contributed by atoms with Gasteiger partial charge in [-0.1, -0.05) is 103 Å². The molecule has 0 spiro atoms. The number of aryl methyl sites for hydroxylation is 1. The number of esters is 4. The minimum atomic E-state index is -1.56. The highest BCUT2D eigenvalue weighted by molar-refractivity contribution is 7.67. The largest absolute Gasteiger partial charge is 0.459 e. The van der Waals surface area contributed by atoms with Crippen molar-refractivity contribution < 1.29 is 42.9 Å². The summed E-state index contributed by atoms with van der Waals surface area (Å²) in [5, 5.41) is 0. The van der Waals surface area contributed by atoms with Gasteiger partial charge in [-0.05, 0) is 106 Å². The molecule has 0 aliphatic carbocycles. The normalized spacial score (nSPS) is 18.3. The summed E-state index contributed by atoms with van der Waals surface area (Å²) in [6, 6.07) is 50.3. The number of rotatable bonds is 12. The van der Waals surface area contributed by atoms with E-state index in [-0.39, 0.29) is 47.1 Å². The number of halogens is 2. The monoisotopic (exact) mass is 949 g/mol. The van der Waals surface area contributed by atoms with Crippen LogP contribution in [0.3, 0.4) is 0 Å². The molecule has 12 nitrogen and oxygen atoms in total. The van der Waals surface area contributed by atoms with Gasteiger partial charge in [0.15, 0.2) is 24.5 Å². The van der Waals surface area contributed by atoms with Gasteiger partial charge in [-0.15, -0.1) is 24.8 Å². The zero-order valence-electron chi connectivity index (χ0n) is 34.5. The Labute approximate surface area is 393 Å². The van der Waals surface area contributed by atoms with E-state index in [2.05, 4.69) is 0 Å². The Hall–Kier alpha value is -6.68. The van der Waals surface area contributed by atoms with Crippen molar-refractivity contribution in [1.29, 1.82) is 0 Å². The Morgan fingerprint density at radius 3 is 1.49 bits per heavy atom. The van der Waals surface area contributed by atoms with E-state index in [0.29, 0.717) is 15.3 Å². The molecule has 0 saturated carbocycles. The zero-order valence-corrected chi connectivity index (χ0v) is 37.8. The first-order chi connectivity index (χ1) is 30.8. The quantitative estimate of drug-likeness (QED) is 0.0666. The molecule has 0 bridgehead atoms. The minimum absolute atomic E-state index is 0. The second-order valence-corrected chi connectivity index (χ2v) is 16.3. The van der Waals surface area contributed by atoms with Crippen LogP contribution in [-0.4, -0.2) is 65.7 Å². The van der Waals surface area contributed by atoms with Crippen molar-refractivity contribution in [3.63, 3.8) is 0 Å². The predicted molar refractivity (Wildman–Crippen MR) is 250 cm³/mol. The van der Waals surface area contributed by atoms with Crippen molar-refractivity contribution in [3.05, 3.63) is 213 Å². The second-order valence-electron chi connectivity index (χ2n) is 14.2. The van der Waals surface area contributed by atoms with Gasteiger partial charge in [0.1, 0.15) is 12.7 Å². The SMILES string of the molecule is Cc1cccc(-n2c(=Nc3ccccc3)ss/c2=N/[C@@H]2O[C@H](COC(=O)c3ccccc3)[C@@H](OC(=O)c3ccccc3)[C@H](OC(=O)c3ccccc3)[C@H]2OC(=O)c2ccccc2)c1.Cl.Cl. The van der Waals surface area contributed by atoms with E-state index in [1.165, 1.54) is 20.7 Å². The summed E-state index contributed by atoms with van der Waals surface area (Å²) in [7, 11) is 2.65. The van der Waals surface area contributed by atoms with Crippen molar-refractivity contribution in [1.82, 2.24) is 4.57 Å². The third kappa shape index (κ3) is 11.9. The topological polar surface area (TPSA) is 144 Å². The molecule has 1 aromatic heterocycles. The van der Waals surface area contributed by atoms with E-state index in [1.807, 2.05) is 66.1 Å². The summed E-state index contributed by atoms with van der Waals surface area (Å²) in [5.74, 6) is -3.06. The van der Waals surface area contributed by atoms with Crippen LogP contribution in [0.1, 0.15) is 47.0 Å². The van der Waals surface area contributed by atoms with Crippen LogP contribution >= 0.6 is 45.5 Å². The van der Waals surface area contributed by atoms with Gasteiger partial charge in [-0.3, -0.25) is 4.57 Å². The van der Waals surface area contributed by atoms with Crippen LogP contribution in [-0.2, 0) is 23.7 Å². The summed E-state index contributed by atoms with van der Waals surface area (Å²) < 4.78 is 33.1. The summed E-state index contributed by atoms with van der Waals surface area (Å²) in [6.07, 6.45) is -7.36. The van der Waals surface area contributed by atoms with Crippen LogP contribution < -0.4 is 9.60 Å².